The maximum absolute atomic E-state index is 12.7. The molecule has 2 aromatic carbocycles. The Morgan fingerprint density at radius 3 is 2.58 bits per heavy atom. The lowest BCUT2D eigenvalue weighted by Gasteiger charge is -2.14. The molecule has 0 aliphatic carbocycles. The van der Waals surface area contributed by atoms with Crippen LogP contribution in [0.25, 0.3) is 6.08 Å². The summed E-state index contributed by atoms with van der Waals surface area (Å²) in [6, 6.07) is 11.1. The van der Waals surface area contributed by atoms with Gasteiger partial charge in [0.2, 0.25) is 6.79 Å². The van der Waals surface area contributed by atoms with Gasteiger partial charge in [-0.05, 0) is 69.8 Å². The molecule has 0 atom stereocenters. The van der Waals surface area contributed by atoms with E-state index in [1.54, 1.807) is 18.2 Å². The number of carbonyl (C=O) groups excluding carboxylic acids is 2. The number of carbonyl (C=O) groups is 2. The molecular weight excluding hydrogens is 489 g/mol. The van der Waals surface area contributed by atoms with E-state index < -0.39 is 0 Å². The standard InChI is InChI=1S/C18H11ClINO4S/c19-13-7-15-14(24-9-25-15)6-11(13)8-21-17(22)16(26-18(21)23)5-10-1-3-12(20)4-2-10/h1-7H,8-9H2/b16-5-. The molecule has 2 aliphatic rings. The van der Waals surface area contributed by atoms with Crippen LogP contribution in [0.4, 0.5) is 4.79 Å². The van der Waals surface area contributed by atoms with Crippen molar-refractivity contribution in [1.82, 2.24) is 4.90 Å². The summed E-state index contributed by atoms with van der Waals surface area (Å²) < 4.78 is 11.7. The second-order valence-electron chi connectivity index (χ2n) is 5.62. The highest BCUT2D eigenvalue weighted by atomic mass is 127. The van der Waals surface area contributed by atoms with E-state index in [-0.39, 0.29) is 24.5 Å². The molecule has 2 heterocycles. The largest absolute Gasteiger partial charge is 0.454 e. The summed E-state index contributed by atoms with van der Waals surface area (Å²) in [7, 11) is 0. The van der Waals surface area contributed by atoms with Gasteiger partial charge in [-0.1, -0.05) is 23.7 Å². The van der Waals surface area contributed by atoms with Crippen molar-refractivity contribution in [1.29, 1.82) is 0 Å². The molecule has 4 rings (SSSR count). The number of rotatable bonds is 3. The first kappa shape index (κ1) is 17.7. The summed E-state index contributed by atoms with van der Waals surface area (Å²) in [6.07, 6.45) is 1.72. The van der Waals surface area contributed by atoms with E-state index in [0.717, 1.165) is 20.9 Å². The fraction of sp³-hybridized carbons (Fsp3) is 0.111. The molecule has 0 spiro atoms. The average molecular weight is 500 g/mol. The molecule has 0 aromatic heterocycles. The van der Waals surface area contributed by atoms with E-state index in [4.69, 9.17) is 21.1 Å². The molecule has 0 radical (unpaired) electrons. The van der Waals surface area contributed by atoms with Gasteiger partial charge in [-0.2, -0.15) is 0 Å². The highest BCUT2D eigenvalue weighted by Crippen LogP contribution is 2.39. The van der Waals surface area contributed by atoms with Crippen LogP contribution in [-0.4, -0.2) is 22.8 Å². The number of thioether (sulfide) groups is 1. The lowest BCUT2D eigenvalue weighted by Crippen LogP contribution is -2.27. The van der Waals surface area contributed by atoms with E-state index in [1.807, 2.05) is 24.3 Å². The molecule has 132 valence electrons. The molecule has 1 saturated heterocycles. The first-order valence-electron chi connectivity index (χ1n) is 7.60. The van der Waals surface area contributed by atoms with Crippen LogP contribution in [0.1, 0.15) is 11.1 Å². The summed E-state index contributed by atoms with van der Waals surface area (Å²) in [6.45, 7) is 0.222. The zero-order valence-electron chi connectivity index (χ0n) is 13.2. The Labute approximate surface area is 172 Å². The second kappa shape index (κ2) is 7.13. The Morgan fingerprint density at radius 2 is 1.85 bits per heavy atom. The summed E-state index contributed by atoms with van der Waals surface area (Å²) in [4.78, 5) is 26.6. The molecule has 8 heteroatoms. The Morgan fingerprint density at radius 1 is 1.15 bits per heavy atom. The Bertz CT molecular complexity index is 945. The highest BCUT2D eigenvalue weighted by Gasteiger charge is 2.35. The van der Waals surface area contributed by atoms with Crippen LogP contribution in [0.5, 0.6) is 11.5 Å². The monoisotopic (exact) mass is 499 g/mol. The molecule has 0 unspecified atom stereocenters. The Kier molecular flexibility index (Phi) is 4.85. The Balaban J connectivity index is 1.57. The van der Waals surface area contributed by atoms with Crippen molar-refractivity contribution < 1.29 is 19.1 Å². The predicted octanol–water partition coefficient (Wildman–Crippen LogP) is 4.91. The number of ether oxygens (including phenoxy) is 2. The van der Waals surface area contributed by atoms with Crippen molar-refractivity contribution in [2.75, 3.05) is 6.79 Å². The van der Waals surface area contributed by atoms with Gasteiger partial charge in [-0.3, -0.25) is 14.5 Å². The van der Waals surface area contributed by atoms with Crippen molar-refractivity contribution >= 4 is 63.2 Å². The van der Waals surface area contributed by atoms with Gasteiger partial charge in [-0.25, -0.2) is 0 Å². The zero-order valence-corrected chi connectivity index (χ0v) is 16.9. The molecule has 2 aromatic rings. The number of hydrogen-bond acceptors (Lipinski definition) is 5. The van der Waals surface area contributed by atoms with Crippen LogP contribution >= 0.6 is 46.0 Å². The first-order chi connectivity index (χ1) is 12.5. The van der Waals surface area contributed by atoms with Crippen LogP contribution in [0, 0.1) is 3.57 Å². The molecule has 2 amide bonds. The third-order valence-corrected chi connectivity index (χ3v) is 5.89. The van der Waals surface area contributed by atoms with Crippen molar-refractivity contribution in [3.63, 3.8) is 0 Å². The zero-order chi connectivity index (χ0) is 18.3. The fourth-order valence-electron chi connectivity index (χ4n) is 2.60. The van der Waals surface area contributed by atoms with Crippen LogP contribution in [0.2, 0.25) is 5.02 Å². The van der Waals surface area contributed by atoms with E-state index in [1.165, 1.54) is 4.90 Å². The second-order valence-corrected chi connectivity index (χ2v) is 8.26. The third-order valence-electron chi connectivity index (χ3n) is 3.91. The van der Waals surface area contributed by atoms with E-state index >= 15 is 0 Å². The van der Waals surface area contributed by atoms with Crippen LogP contribution in [0.15, 0.2) is 41.3 Å². The van der Waals surface area contributed by atoms with Crippen molar-refractivity contribution in [3.8, 4) is 11.5 Å². The maximum atomic E-state index is 12.7. The van der Waals surface area contributed by atoms with Gasteiger partial charge in [0, 0.05) is 14.7 Å². The number of nitrogens with zero attached hydrogens (tertiary/aromatic N) is 1. The van der Waals surface area contributed by atoms with Crippen LogP contribution in [-0.2, 0) is 11.3 Å². The number of hydrogen-bond donors (Lipinski definition) is 0. The third kappa shape index (κ3) is 3.43. The number of fused-ring (bicyclic) bond motifs is 1. The summed E-state index contributed by atoms with van der Waals surface area (Å²) >= 11 is 9.40. The first-order valence-corrected chi connectivity index (χ1v) is 9.87. The number of amides is 2. The average Bonchev–Trinajstić information content (AvgIpc) is 3.16. The maximum Gasteiger partial charge on any atom is 0.293 e. The van der Waals surface area contributed by atoms with E-state index in [9.17, 15) is 9.59 Å². The van der Waals surface area contributed by atoms with Gasteiger partial charge < -0.3 is 9.47 Å². The number of benzene rings is 2. The van der Waals surface area contributed by atoms with Gasteiger partial charge in [0.25, 0.3) is 11.1 Å². The smallest absolute Gasteiger partial charge is 0.293 e. The molecule has 1 fully saturated rings. The minimum atomic E-state index is -0.327. The normalized spacial score (nSPS) is 17.5. The van der Waals surface area contributed by atoms with Gasteiger partial charge in [0.15, 0.2) is 11.5 Å². The molecule has 2 aliphatic heterocycles. The highest BCUT2D eigenvalue weighted by molar-refractivity contribution is 14.1. The topological polar surface area (TPSA) is 55.8 Å². The quantitative estimate of drug-likeness (QED) is 0.444. The van der Waals surface area contributed by atoms with Gasteiger partial charge in [0.05, 0.1) is 11.4 Å². The summed E-state index contributed by atoms with van der Waals surface area (Å²) in [5.41, 5.74) is 1.51. The minimum absolute atomic E-state index is 0.0875. The molecule has 5 nitrogen and oxygen atoms in total. The molecular formula is C18H11ClINO4S. The number of halogens is 2. The lowest BCUT2D eigenvalue weighted by atomic mass is 10.1. The van der Waals surface area contributed by atoms with Crippen LogP contribution in [0.3, 0.4) is 0 Å². The summed E-state index contributed by atoms with van der Waals surface area (Å²) in [5, 5.41) is 0.107. The Hall–Kier alpha value is -1.71. The van der Waals surface area contributed by atoms with Gasteiger partial charge >= 0.3 is 0 Å². The van der Waals surface area contributed by atoms with E-state index in [0.29, 0.717) is 27.0 Å². The van der Waals surface area contributed by atoms with E-state index in [2.05, 4.69) is 22.6 Å². The van der Waals surface area contributed by atoms with Crippen molar-refractivity contribution in [2.24, 2.45) is 0 Å². The van der Waals surface area contributed by atoms with Crippen molar-refractivity contribution in [2.45, 2.75) is 6.54 Å². The summed E-state index contributed by atoms with van der Waals surface area (Å²) in [5.74, 6) is 0.796. The lowest BCUT2D eigenvalue weighted by molar-refractivity contribution is -0.123. The SMILES string of the molecule is O=C1S/C(=C\c2ccc(I)cc2)C(=O)N1Cc1cc2c(cc1Cl)OCO2. The fourth-order valence-corrected chi connectivity index (χ4v) is 4.01. The van der Waals surface area contributed by atoms with Crippen LogP contribution < -0.4 is 9.47 Å². The van der Waals surface area contributed by atoms with Crippen molar-refractivity contribution in [3.05, 3.63) is 61.0 Å². The molecule has 0 bridgehead atoms. The predicted molar refractivity (Wildman–Crippen MR) is 108 cm³/mol. The number of imide groups is 1. The molecule has 0 N–H and O–H groups in total. The van der Waals surface area contributed by atoms with Gasteiger partial charge in [0.1, 0.15) is 0 Å². The molecule has 0 saturated carbocycles. The molecule has 26 heavy (non-hydrogen) atoms. The van der Waals surface area contributed by atoms with Gasteiger partial charge in [-0.15, -0.1) is 0 Å². The minimum Gasteiger partial charge on any atom is -0.454 e.